The number of nitrogens with zero attached hydrogens (tertiary/aromatic N) is 1. The Morgan fingerprint density at radius 1 is 0.929 bits per heavy atom. The first-order chi connectivity index (χ1) is 6.77. The van der Waals surface area contributed by atoms with Gasteiger partial charge >= 0.3 is 0 Å². The number of hydrogen-bond acceptors (Lipinski definition) is 1. The van der Waals surface area contributed by atoms with Crippen molar-refractivity contribution < 1.29 is 0 Å². The number of allylic oxidation sites excluding steroid dienone is 2. The summed E-state index contributed by atoms with van der Waals surface area (Å²) in [5.41, 5.74) is 1.35. The van der Waals surface area contributed by atoms with Crippen LogP contribution in [-0.2, 0) is 0 Å². The average molecular weight is 191 g/mol. The molecule has 1 nitrogen and oxygen atoms in total. The molecule has 0 aromatic carbocycles. The summed E-state index contributed by atoms with van der Waals surface area (Å²) in [6.45, 7) is 2.72. The molecule has 0 aromatic heterocycles. The second-order valence-corrected chi connectivity index (χ2v) is 5.82. The standard InChI is InChI=1S/C13H21N/c1-14-10-12-6-2-3-7-13(12,11-14)9-5-4-8-12/h2-3H,4-11H2,1H3/t12-,13-/m1/s1. The van der Waals surface area contributed by atoms with E-state index in [-0.39, 0.29) is 0 Å². The number of hydrogen-bond donors (Lipinski definition) is 0. The molecule has 1 heterocycles. The van der Waals surface area contributed by atoms with Crippen LogP contribution >= 0.6 is 0 Å². The van der Waals surface area contributed by atoms with Gasteiger partial charge < -0.3 is 4.90 Å². The Kier molecular flexibility index (Phi) is 1.82. The van der Waals surface area contributed by atoms with E-state index in [0.717, 1.165) is 0 Å². The second kappa shape index (κ2) is 2.85. The molecule has 3 rings (SSSR count). The Hall–Kier alpha value is -0.300. The lowest BCUT2D eigenvalue weighted by atomic mass is 9.53. The van der Waals surface area contributed by atoms with Crippen molar-refractivity contribution in [1.29, 1.82) is 0 Å². The van der Waals surface area contributed by atoms with Gasteiger partial charge in [-0.15, -0.1) is 0 Å². The van der Waals surface area contributed by atoms with Crippen LogP contribution in [0.3, 0.4) is 0 Å². The Morgan fingerprint density at radius 3 is 1.93 bits per heavy atom. The van der Waals surface area contributed by atoms with Crippen molar-refractivity contribution in [2.45, 2.75) is 38.5 Å². The highest BCUT2D eigenvalue weighted by Crippen LogP contribution is 2.60. The Morgan fingerprint density at radius 2 is 1.43 bits per heavy atom. The topological polar surface area (TPSA) is 3.24 Å². The largest absolute Gasteiger partial charge is 0.305 e. The predicted molar refractivity (Wildman–Crippen MR) is 59.2 cm³/mol. The van der Waals surface area contributed by atoms with Crippen molar-refractivity contribution in [2.75, 3.05) is 20.1 Å². The van der Waals surface area contributed by atoms with Crippen LogP contribution in [0, 0.1) is 10.8 Å². The van der Waals surface area contributed by atoms with E-state index in [4.69, 9.17) is 0 Å². The molecule has 1 saturated carbocycles. The first-order valence-electron chi connectivity index (χ1n) is 6.10. The third kappa shape index (κ3) is 0.995. The van der Waals surface area contributed by atoms with Gasteiger partial charge in [0.15, 0.2) is 0 Å². The average Bonchev–Trinajstić information content (AvgIpc) is 2.48. The lowest BCUT2D eigenvalue weighted by molar-refractivity contribution is 0.0342. The predicted octanol–water partition coefficient (Wildman–Crippen LogP) is 2.83. The van der Waals surface area contributed by atoms with Crippen LogP contribution in [0.5, 0.6) is 0 Å². The van der Waals surface area contributed by atoms with E-state index in [1.165, 1.54) is 51.6 Å². The molecule has 0 spiro atoms. The van der Waals surface area contributed by atoms with E-state index in [9.17, 15) is 0 Å². The number of rotatable bonds is 0. The molecule has 0 amide bonds. The molecule has 0 bridgehead atoms. The molecular formula is C13H21N. The minimum atomic E-state index is 0.675. The highest BCUT2D eigenvalue weighted by molar-refractivity contribution is 5.16. The summed E-state index contributed by atoms with van der Waals surface area (Å²) in [6, 6.07) is 0. The Labute approximate surface area is 87.2 Å². The minimum absolute atomic E-state index is 0.675. The monoisotopic (exact) mass is 191 g/mol. The first-order valence-corrected chi connectivity index (χ1v) is 6.10. The lowest BCUT2D eigenvalue weighted by Crippen LogP contribution is -2.44. The molecule has 78 valence electrons. The summed E-state index contributed by atoms with van der Waals surface area (Å²) < 4.78 is 0. The molecule has 0 aromatic rings. The highest BCUT2D eigenvalue weighted by Gasteiger charge is 2.56. The summed E-state index contributed by atoms with van der Waals surface area (Å²) in [5, 5.41) is 0. The molecule has 14 heavy (non-hydrogen) atoms. The van der Waals surface area contributed by atoms with E-state index in [0.29, 0.717) is 10.8 Å². The van der Waals surface area contributed by atoms with Gasteiger partial charge in [-0.2, -0.15) is 0 Å². The van der Waals surface area contributed by atoms with Gasteiger partial charge in [-0.3, -0.25) is 0 Å². The van der Waals surface area contributed by atoms with Crippen LogP contribution in [0.4, 0.5) is 0 Å². The molecule has 2 aliphatic carbocycles. The van der Waals surface area contributed by atoms with Crippen molar-refractivity contribution in [3.8, 4) is 0 Å². The number of likely N-dealkylation sites (tertiary alicyclic amines) is 1. The van der Waals surface area contributed by atoms with Gasteiger partial charge in [0.1, 0.15) is 0 Å². The van der Waals surface area contributed by atoms with Crippen LogP contribution in [-0.4, -0.2) is 25.0 Å². The molecular weight excluding hydrogens is 170 g/mol. The highest BCUT2D eigenvalue weighted by atomic mass is 15.2. The van der Waals surface area contributed by atoms with Gasteiger partial charge in [0.05, 0.1) is 0 Å². The Bertz CT molecular complexity index is 244. The quantitative estimate of drug-likeness (QED) is 0.532. The molecule has 2 fully saturated rings. The second-order valence-electron chi connectivity index (χ2n) is 5.82. The molecule has 1 saturated heterocycles. The lowest BCUT2D eigenvalue weighted by Gasteiger charge is -2.50. The van der Waals surface area contributed by atoms with E-state index in [1.807, 2.05) is 0 Å². The van der Waals surface area contributed by atoms with Crippen LogP contribution in [0.15, 0.2) is 12.2 Å². The van der Waals surface area contributed by atoms with Crippen molar-refractivity contribution >= 4 is 0 Å². The molecule has 0 N–H and O–H groups in total. The summed E-state index contributed by atoms with van der Waals surface area (Å²) in [6.07, 6.45) is 13.5. The van der Waals surface area contributed by atoms with Crippen molar-refractivity contribution in [1.82, 2.24) is 4.90 Å². The fraction of sp³-hybridized carbons (Fsp3) is 0.846. The SMILES string of the molecule is CN1C[C@]23CC=CC[C@@]2(CCCC3)C1. The summed E-state index contributed by atoms with van der Waals surface area (Å²) >= 11 is 0. The van der Waals surface area contributed by atoms with E-state index < -0.39 is 0 Å². The van der Waals surface area contributed by atoms with Crippen LogP contribution in [0.2, 0.25) is 0 Å². The molecule has 1 heteroatoms. The van der Waals surface area contributed by atoms with Gasteiger partial charge in [-0.25, -0.2) is 0 Å². The maximum atomic E-state index is 2.58. The van der Waals surface area contributed by atoms with Crippen molar-refractivity contribution in [3.05, 3.63) is 12.2 Å². The van der Waals surface area contributed by atoms with Gasteiger partial charge in [0.25, 0.3) is 0 Å². The van der Waals surface area contributed by atoms with Gasteiger partial charge in [0, 0.05) is 13.1 Å². The maximum Gasteiger partial charge on any atom is 0.00441 e. The zero-order valence-electron chi connectivity index (χ0n) is 9.26. The van der Waals surface area contributed by atoms with Crippen molar-refractivity contribution in [3.63, 3.8) is 0 Å². The Balaban J connectivity index is 2.01. The van der Waals surface area contributed by atoms with E-state index in [1.54, 1.807) is 0 Å². The van der Waals surface area contributed by atoms with Crippen LogP contribution < -0.4 is 0 Å². The van der Waals surface area contributed by atoms with Gasteiger partial charge in [0.2, 0.25) is 0 Å². The molecule has 2 atom stereocenters. The molecule has 1 aliphatic heterocycles. The first kappa shape index (κ1) is 8.96. The third-order valence-electron chi connectivity index (χ3n) is 5.01. The maximum absolute atomic E-state index is 2.58. The molecule has 0 radical (unpaired) electrons. The van der Waals surface area contributed by atoms with E-state index >= 15 is 0 Å². The summed E-state index contributed by atoms with van der Waals surface area (Å²) in [5.74, 6) is 0. The fourth-order valence-electron chi connectivity index (χ4n) is 4.42. The molecule has 0 unspecified atom stereocenters. The third-order valence-corrected chi connectivity index (χ3v) is 5.01. The molecule has 3 aliphatic rings. The van der Waals surface area contributed by atoms with E-state index in [2.05, 4.69) is 24.1 Å². The van der Waals surface area contributed by atoms with Crippen LogP contribution in [0.25, 0.3) is 0 Å². The summed E-state index contributed by atoms with van der Waals surface area (Å²) in [4.78, 5) is 2.58. The zero-order chi connectivity index (χ0) is 9.65. The van der Waals surface area contributed by atoms with Gasteiger partial charge in [-0.1, -0.05) is 25.0 Å². The van der Waals surface area contributed by atoms with Crippen molar-refractivity contribution in [2.24, 2.45) is 10.8 Å². The minimum Gasteiger partial charge on any atom is -0.305 e. The fourth-order valence-corrected chi connectivity index (χ4v) is 4.42. The van der Waals surface area contributed by atoms with Gasteiger partial charge in [-0.05, 0) is 43.6 Å². The smallest absolute Gasteiger partial charge is 0.00441 e. The summed E-state index contributed by atoms with van der Waals surface area (Å²) in [7, 11) is 2.31. The zero-order valence-corrected chi connectivity index (χ0v) is 9.26. The normalized spacial score (nSPS) is 47.5. The van der Waals surface area contributed by atoms with Crippen LogP contribution in [0.1, 0.15) is 38.5 Å².